The predicted octanol–water partition coefficient (Wildman–Crippen LogP) is 3.34. The molecule has 0 unspecified atom stereocenters. The number of pyridine rings is 1. The molecule has 5 nitrogen and oxygen atoms in total. The largest absolute Gasteiger partial charge is 0.508 e. The van der Waals surface area contributed by atoms with Gasteiger partial charge in [0, 0.05) is 11.8 Å². The van der Waals surface area contributed by atoms with Crippen LogP contribution in [0, 0.1) is 0 Å². The molecule has 0 aliphatic heterocycles. The van der Waals surface area contributed by atoms with E-state index in [0.29, 0.717) is 5.69 Å². The minimum absolute atomic E-state index is 0.132. The van der Waals surface area contributed by atoms with Gasteiger partial charge in [-0.15, -0.1) is 0 Å². The molecule has 3 rings (SSSR count). The Morgan fingerprint density at radius 2 is 1.67 bits per heavy atom. The lowest BCUT2D eigenvalue weighted by Crippen LogP contribution is -2.14. The second-order valence-electron chi connectivity index (χ2n) is 5.41. The average Bonchev–Trinajstić information content (AvgIpc) is 2.55. The van der Waals surface area contributed by atoms with Gasteiger partial charge >= 0.3 is 0 Å². The summed E-state index contributed by atoms with van der Waals surface area (Å²) in [6.07, 6.45) is 3.39. The zero-order valence-electron chi connectivity index (χ0n) is 12.8. The zero-order chi connectivity index (χ0) is 16.9. The van der Waals surface area contributed by atoms with Crippen LogP contribution in [0.4, 0.5) is 5.69 Å². The number of phenols is 2. The van der Waals surface area contributed by atoms with Crippen molar-refractivity contribution >= 4 is 11.6 Å². The molecule has 1 amide bonds. The van der Waals surface area contributed by atoms with Crippen molar-refractivity contribution in [2.75, 3.05) is 5.32 Å². The summed E-state index contributed by atoms with van der Waals surface area (Å²) in [4.78, 5) is 16.3. The SMILES string of the molecule is O=C(Cc1cccc(O)c1)Nc1cncc(-c2cccc(O)c2)c1. The average molecular weight is 320 g/mol. The first-order valence-corrected chi connectivity index (χ1v) is 7.42. The van der Waals surface area contributed by atoms with Gasteiger partial charge in [0.15, 0.2) is 0 Å². The molecule has 0 aliphatic carbocycles. The van der Waals surface area contributed by atoms with Crippen LogP contribution in [0.25, 0.3) is 11.1 Å². The Morgan fingerprint density at radius 1 is 0.917 bits per heavy atom. The van der Waals surface area contributed by atoms with E-state index in [1.54, 1.807) is 60.9 Å². The number of hydrogen-bond acceptors (Lipinski definition) is 4. The summed E-state index contributed by atoms with van der Waals surface area (Å²) in [7, 11) is 0. The maximum absolute atomic E-state index is 12.1. The quantitative estimate of drug-likeness (QED) is 0.688. The van der Waals surface area contributed by atoms with Crippen molar-refractivity contribution < 1.29 is 15.0 Å². The van der Waals surface area contributed by atoms with Crippen molar-refractivity contribution in [3.8, 4) is 22.6 Å². The van der Waals surface area contributed by atoms with Gasteiger partial charge in [-0.25, -0.2) is 0 Å². The van der Waals surface area contributed by atoms with Crippen LogP contribution >= 0.6 is 0 Å². The number of carbonyl (C=O) groups is 1. The first kappa shape index (κ1) is 15.6. The topological polar surface area (TPSA) is 82.5 Å². The van der Waals surface area contributed by atoms with Crippen molar-refractivity contribution in [2.24, 2.45) is 0 Å². The Labute approximate surface area is 139 Å². The summed E-state index contributed by atoms with van der Waals surface area (Å²) in [5, 5.41) is 21.8. The molecule has 0 spiro atoms. The summed E-state index contributed by atoms with van der Waals surface area (Å²) in [6.45, 7) is 0. The normalized spacial score (nSPS) is 10.3. The molecule has 1 heterocycles. The van der Waals surface area contributed by atoms with Crippen LogP contribution in [-0.4, -0.2) is 21.1 Å². The highest BCUT2D eigenvalue weighted by Crippen LogP contribution is 2.24. The molecular weight excluding hydrogens is 304 g/mol. The Balaban J connectivity index is 1.73. The molecule has 2 aromatic carbocycles. The number of rotatable bonds is 4. The number of aromatic nitrogens is 1. The molecule has 3 aromatic rings. The summed E-state index contributed by atoms with van der Waals surface area (Å²) < 4.78 is 0. The fourth-order valence-electron chi connectivity index (χ4n) is 2.41. The molecule has 1 aromatic heterocycles. The van der Waals surface area contributed by atoms with Crippen LogP contribution in [0.5, 0.6) is 11.5 Å². The van der Waals surface area contributed by atoms with E-state index >= 15 is 0 Å². The van der Waals surface area contributed by atoms with Crippen molar-refractivity contribution in [1.29, 1.82) is 0 Å². The van der Waals surface area contributed by atoms with E-state index in [2.05, 4.69) is 10.3 Å². The van der Waals surface area contributed by atoms with E-state index in [1.807, 2.05) is 6.07 Å². The van der Waals surface area contributed by atoms with Gasteiger partial charge in [0.2, 0.25) is 5.91 Å². The van der Waals surface area contributed by atoms with E-state index in [4.69, 9.17) is 0 Å². The minimum Gasteiger partial charge on any atom is -0.508 e. The number of benzene rings is 2. The number of nitrogens with one attached hydrogen (secondary N) is 1. The second kappa shape index (κ2) is 6.83. The number of anilines is 1. The summed E-state index contributed by atoms with van der Waals surface area (Å²) in [5.74, 6) is 0.106. The molecule has 5 heteroatoms. The fraction of sp³-hybridized carbons (Fsp3) is 0.0526. The van der Waals surface area contributed by atoms with Gasteiger partial charge < -0.3 is 15.5 Å². The maximum Gasteiger partial charge on any atom is 0.228 e. The van der Waals surface area contributed by atoms with Crippen LogP contribution in [0.2, 0.25) is 0 Å². The number of hydrogen-bond donors (Lipinski definition) is 3. The van der Waals surface area contributed by atoms with Gasteiger partial charge in [-0.1, -0.05) is 24.3 Å². The van der Waals surface area contributed by atoms with Crippen molar-refractivity contribution in [1.82, 2.24) is 4.98 Å². The van der Waals surface area contributed by atoms with Gasteiger partial charge in [-0.2, -0.15) is 0 Å². The van der Waals surface area contributed by atoms with Crippen LogP contribution < -0.4 is 5.32 Å². The predicted molar refractivity (Wildman–Crippen MR) is 91.8 cm³/mol. The highest BCUT2D eigenvalue weighted by molar-refractivity contribution is 5.92. The maximum atomic E-state index is 12.1. The lowest BCUT2D eigenvalue weighted by Gasteiger charge is -2.08. The van der Waals surface area contributed by atoms with Gasteiger partial charge in [0.05, 0.1) is 18.3 Å². The third-order valence-corrected chi connectivity index (χ3v) is 3.48. The lowest BCUT2D eigenvalue weighted by atomic mass is 10.1. The van der Waals surface area contributed by atoms with E-state index in [1.165, 1.54) is 0 Å². The van der Waals surface area contributed by atoms with Gasteiger partial charge in [0.25, 0.3) is 0 Å². The molecule has 0 saturated heterocycles. The van der Waals surface area contributed by atoms with E-state index in [-0.39, 0.29) is 23.8 Å². The third kappa shape index (κ3) is 3.89. The summed E-state index contributed by atoms with van der Waals surface area (Å²) in [6, 6.07) is 15.2. The Bertz CT molecular complexity index is 878. The summed E-state index contributed by atoms with van der Waals surface area (Å²) >= 11 is 0. The number of phenolic OH excluding ortho intramolecular Hbond substituents is 2. The molecule has 0 atom stereocenters. The molecule has 3 N–H and O–H groups in total. The highest BCUT2D eigenvalue weighted by Gasteiger charge is 2.07. The van der Waals surface area contributed by atoms with E-state index in [0.717, 1.165) is 16.7 Å². The van der Waals surface area contributed by atoms with Crippen molar-refractivity contribution in [3.63, 3.8) is 0 Å². The molecular formula is C19H16N2O3. The number of nitrogens with zero attached hydrogens (tertiary/aromatic N) is 1. The standard InChI is InChI=1S/C19H16N2O3/c22-17-5-1-3-13(7-17)8-19(24)21-16-9-15(11-20-12-16)14-4-2-6-18(23)10-14/h1-7,9-12,22-23H,8H2,(H,21,24). The Hall–Kier alpha value is -3.34. The molecule has 24 heavy (non-hydrogen) atoms. The first-order chi connectivity index (χ1) is 11.6. The van der Waals surface area contributed by atoms with Crippen LogP contribution in [-0.2, 0) is 11.2 Å². The van der Waals surface area contributed by atoms with Crippen molar-refractivity contribution in [3.05, 3.63) is 72.6 Å². The molecule has 0 aliphatic rings. The van der Waals surface area contributed by atoms with Crippen LogP contribution in [0.3, 0.4) is 0 Å². The van der Waals surface area contributed by atoms with E-state index in [9.17, 15) is 15.0 Å². The number of carbonyl (C=O) groups excluding carboxylic acids is 1. The minimum atomic E-state index is -0.199. The number of aromatic hydroxyl groups is 2. The third-order valence-electron chi connectivity index (χ3n) is 3.48. The number of amides is 1. The first-order valence-electron chi connectivity index (χ1n) is 7.42. The molecule has 0 fully saturated rings. The zero-order valence-corrected chi connectivity index (χ0v) is 12.8. The van der Waals surface area contributed by atoms with Crippen molar-refractivity contribution in [2.45, 2.75) is 6.42 Å². The lowest BCUT2D eigenvalue weighted by molar-refractivity contribution is -0.115. The molecule has 0 radical (unpaired) electrons. The van der Waals surface area contributed by atoms with Gasteiger partial charge in [-0.3, -0.25) is 9.78 Å². The van der Waals surface area contributed by atoms with Crippen LogP contribution in [0.15, 0.2) is 67.0 Å². The summed E-state index contributed by atoms with van der Waals surface area (Å²) in [5.41, 5.74) is 2.90. The second-order valence-corrected chi connectivity index (χ2v) is 5.41. The van der Waals surface area contributed by atoms with Gasteiger partial charge in [-0.05, 0) is 41.5 Å². The molecule has 0 bridgehead atoms. The van der Waals surface area contributed by atoms with Gasteiger partial charge in [0.1, 0.15) is 11.5 Å². The monoisotopic (exact) mass is 320 g/mol. The van der Waals surface area contributed by atoms with Crippen LogP contribution in [0.1, 0.15) is 5.56 Å². The highest BCUT2D eigenvalue weighted by atomic mass is 16.3. The Morgan fingerprint density at radius 3 is 2.42 bits per heavy atom. The molecule has 0 saturated carbocycles. The van der Waals surface area contributed by atoms with E-state index < -0.39 is 0 Å². The fourth-order valence-corrected chi connectivity index (χ4v) is 2.41. The smallest absolute Gasteiger partial charge is 0.228 e. The molecule has 120 valence electrons. The Kier molecular flexibility index (Phi) is 4.43.